The molecule has 2 N–H and O–H groups in total. The fourth-order valence-electron chi connectivity index (χ4n) is 1.44. The van der Waals surface area contributed by atoms with Crippen LogP contribution in [-0.4, -0.2) is 40.8 Å². The Morgan fingerprint density at radius 1 is 1.47 bits per heavy atom. The van der Waals surface area contributed by atoms with Gasteiger partial charge in [0.2, 0.25) is 0 Å². The maximum atomic E-state index is 11.9. The number of carbonyl (C=O) groups is 1. The van der Waals surface area contributed by atoms with Gasteiger partial charge in [-0.3, -0.25) is 0 Å². The van der Waals surface area contributed by atoms with E-state index < -0.39 is 5.60 Å². The van der Waals surface area contributed by atoms with Crippen LogP contribution in [0.1, 0.15) is 41.0 Å². The molecule has 0 aromatic heterocycles. The van der Waals surface area contributed by atoms with Crippen molar-refractivity contribution in [3.05, 3.63) is 12.2 Å². The summed E-state index contributed by atoms with van der Waals surface area (Å²) in [6, 6.07) is -0.0465. The smallest absolute Gasteiger partial charge is 0.317 e. The molecule has 0 unspecified atom stereocenters. The summed E-state index contributed by atoms with van der Waals surface area (Å²) in [5.74, 6) is 0. The van der Waals surface area contributed by atoms with E-state index in [0.29, 0.717) is 13.1 Å². The van der Waals surface area contributed by atoms with E-state index in [1.807, 2.05) is 32.9 Å². The summed E-state index contributed by atoms with van der Waals surface area (Å²) in [6.45, 7) is 10.2. The lowest BCUT2D eigenvalue weighted by Crippen LogP contribution is -2.50. The van der Waals surface area contributed by atoms with Crippen LogP contribution in [0.5, 0.6) is 0 Å². The van der Waals surface area contributed by atoms with Crippen molar-refractivity contribution in [2.75, 3.05) is 13.1 Å². The molecule has 4 heteroatoms. The largest absolute Gasteiger partial charge is 0.389 e. The molecule has 0 saturated heterocycles. The van der Waals surface area contributed by atoms with Gasteiger partial charge in [-0.2, -0.15) is 0 Å². The molecule has 0 aromatic carbocycles. The van der Waals surface area contributed by atoms with Crippen molar-refractivity contribution < 1.29 is 9.90 Å². The Morgan fingerprint density at radius 2 is 2.06 bits per heavy atom. The van der Waals surface area contributed by atoms with Gasteiger partial charge in [0.1, 0.15) is 0 Å². The predicted molar refractivity (Wildman–Crippen MR) is 71.0 cm³/mol. The molecule has 0 rings (SSSR count). The molecule has 0 heterocycles. The van der Waals surface area contributed by atoms with Crippen molar-refractivity contribution in [1.29, 1.82) is 0 Å². The molecule has 0 spiro atoms. The van der Waals surface area contributed by atoms with E-state index in [2.05, 4.69) is 5.32 Å². The topological polar surface area (TPSA) is 52.6 Å². The quantitative estimate of drug-likeness (QED) is 0.554. The van der Waals surface area contributed by atoms with Crippen LogP contribution in [0.3, 0.4) is 0 Å². The minimum absolute atomic E-state index is 0.0724. The van der Waals surface area contributed by atoms with E-state index in [9.17, 15) is 9.90 Å². The van der Waals surface area contributed by atoms with Gasteiger partial charge in [-0.1, -0.05) is 12.2 Å². The summed E-state index contributed by atoms with van der Waals surface area (Å²) in [5, 5.41) is 12.6. The summed E-state index contributed by atoms with van der Waals surface area (Å²) in [6.07, 6.45) is 4.80. The monoisotopic (exact) mass is 242 g/mol. The van der Waals surface area contributed by atoms with Crippen LogP contribution >= 0.6 is 0 Å². The second-order valence-electron chi connectivity index (χ2n) is 5.12. The number of hydrogen-bond donors (Lipinski definition) is 2. The molecular weight excluding hydrogens is 216 g/mol. The SMILES string of the molecule is C/C=C/CCNC(=O)N(CC(C)(C)O)C(C)C. The molecule has 0 atom stereocenters. The van der Waals surface area contributed by atoms with Crippen LogP contribution in [0.25, 0.3) is 0 Å². The number of allylic oxidation sites excluding steroid dienone is 1. The molecule has 4 nitrogen and oxygen atoms in total. The number of aliphatic hydroxyl groups is 1. The van der Waals surface area contributed by atoms with Crippen molar-refractivity contribution in [1.82, 2.24) is 10.2 Å². The van der Waals surface area contributed by atoms with Gasteiger partial charge in [0.15, 0.2) is 0 Å². The number of carbonyl (C=O) groups excluding carboxylic acids is 1. The van der Waals surface area contributed by atoms with Gasteiger partial charge in [-0.05, 0) is 41.0 Å². The highest BCUT2D eigenvalue weighted by atomic mass is 16.3. The molecule has 0 fully saturated rings. The fourth-order valence-corrected chi connectivity index (χ4v) is 1.44. The Kier molecular flexibility index (Phi) is 6.88. The molecule has 0 saturated carbocycles. The van der Waals surface area contributed by atoms with Gasteiger partial charge in [0, 0.05) is 12.6 Å². The van der Waals surface area contributed by atoms with E-state index in [-0.39, 0.29) is 12.1 Å². The second-order valence-corrected chi connectivity index (χ2v) is 5.12. The first kappa shape index (κ1) is 16.0. The highest BCUT2D eigenvalue weighted by Crippen LogP contribution is 2.08. The van der Waals surface area contributed by atoms with Crippen LogP contribution in [0.4, 0.5) is 4.79 Å². The third kappa shape index (κ3) is 7.80. The Bertz CT molecular complexity index is 255. The number of rotatable bonds is 6. The predicted octanol–water partition coefficient (Wildman–Crippen LogP) is 2.14. The lowest BCUT2D eigenvalue weighted by molar-refractivity contribution is 0.0388. The lowest BCUT2D eigenvalue weighted by atomic mass is 10.1. The highest BCUT2D eigenvalue weighted by Gasteiger charge is 2.24. The van der Waals surface area contributed by atoms with Gasteiger partial charge < -0.3 is 15.3 Å². The maximum Gasteiger partial charge on any atom is 0.317 e. The average molecular weight is 242 g/mol. The van der Waals surface area contributed by atoms with Gasteiger partial charge in [-0.15, -0.1) is 0 Å². The molecule has 0 bridgehead atoms. The summed E-state index contributed by atoms with van der Waals surface area (Å²) in [5.41, 5.74) is -0.870. The Morgan fingerprint density at radius 3 is 2.47 bits per heavy atom. The maximum absolute atomic E-state index is 11.9. The van der Waals surface area contributed by atoms with E-state index in [1.54, 1.807) is 18.7 Å². The van der Waals surface area contributed by atoms with Crippen molar-refractivity contribution in [2.24, 2.45) is 0 Å². The number of hydrogen-bond acceptors (Lipinski definition) is 2. The lowest BCUT2D eigenvalue weighted by Gasteiger charge is -2.32. The first-order valence-corrected chi connectivity index (χ1v) is 6.16. The van der Waals surface area contributed by atoms with Crippen molar-refractivity contribution in [3.8, 4) is 0 Å². The van der Waals surface area contributed by atoms with Crippen LogP contribution in [0, 0.1) is 0 Å². The number of amides is 2. The van der Waals surface area contributed by atoms with Crippen LogP contribution in [0.2, 0.25) is 0 Å². The minimum atomic E-state index is -0.870. The first-order chi connectivity index (χ1) is 7.78. The van der Waals surface area contributed by atoms with Gasteiger partial charge >= 0.3 is 6.03 Å². The van der Waals surface area contributed by atoms with Crippen molar-refractivity contribution in [3.63, 3.8) is 0 Å². The molecule has 0 aromatic rings. The minimum Gasteiger partial charge on any atom is -0.389 e. The molecule has 0 aliphatic heterocycles. The number of urea groups is 1. The van der Waals surface area contributed by atoms with Gasteiger partial charge in [0.05, 0.1) is 12.1 Å². The van der Waals surface area contributed by atoms with E-state index in [1.165, 1.54) is 0 Å². The van der Waals surface area contributed by atoms with Crippen molar-refractivity contribution in [2.45, 2.75) is 52.7 Å². The zero-order chi connectivity index (χ0) is 13.5. The summed E-state index contributed by atoms with van der Waals surface area (Å²) < 4.78 is 0. The Hall–Kier alpha value is -1.03. The summed E-state index contributed by atoms with van der Waals surface area (Å²) in [7, 11) is 0. The third-order valence-corrected chi connectivity index (χ3v) is 2.26. The molecule has 0 radical (unpaired) electrons. The van der Waals surface area contributed by atoms with Crippen molar-refractivity contribution >= 4 is 6.03 Å². The van der Waals surface area contributed by atoms with Gasteiger partial charge in [-0.25, -0.2) is 4.79 Å². The standard InChI is InChI=1S/C13H26N2O2/c1-6-7-8-9-14-12(16)15(11(2)3)10-13(4,5)17/h6-7,11,17H,8-10H2,1-5H3,(H,14,16)/b7-6+. The van der Waals surface area contributed by atoms with E-state index in [4.69, 9.17) is 0 Å². The van der Waals surface area contributed by atoms with E-state index >= 15 is 0 Å². The zero-order valence-corrected chi connectivity index (χ0v) is 11.7. The van der Waals surface area contributed by atoms with E-state index in [0.717, 1.165) is 6.42 Å². The Balaban J connectivity index is 4.26. The first-order valence-electron chi connectivity index (χ1n) is 6.16. The molecule has 2 amide bonds. The normalized spacial score (nSPS) is 12.2. The third-order valence-electron chi connectivity index (χ3n) is 2.26. The number of nitrogens with zero attached hydrogens (tertiary/aromatic N) is 1. The second kappa shape index (κ2) is 7.33. The van der Waals surface area contributed by atoms with Crippen LogP contribution in [0.15, 0.2) is 12.2 Å². The molecular formula is C13H26N2O2. The van der Waals surface area contributed by atoms with Gasteiger partial charge in [0.25, 0.3) is 0 Å². The highest BCUT2D eigenvalue weighted by molar-refractivity contribution is 5.74. The zero-order valence-electron chi connectivity index (χ0n) is 11.7. The summed E-state index contributed by atoms with van der Waals surface area (Å²) >= 11 is 0. The molecule has 0 aliphatic carbocycles. The fraction of sp³-hybridized carbons (Fsp3) is 0.769. The average Bonchev–Trinajstić information content (AvgIpc) is 2.19. The molecule has 100 valence electrons. The van der Waals surface area contributed by atoms with Crippen LogP contribution in [-0.2, 0) is 0 Å². The summed E-state index contributed by atoms with van der Waals surface area (Å²) in [4.78, 5) is 13.6. The number of nitrogens with one attached hydrogen (secondary N) is 1. The Labute approximate surface area is 105 Å². The molecule has 17 heavy (non-hydrogen) atoms. The van der Waals surface area contributed by atoms with Crippen LogP contribution < -0.4 is 5.32 Å². The molecule has 0 aliphatic rings.